The van der Waals surface area contributed by atoms with Crippen molar-refractivity contribution in [3.8, 4) is 0 Å². The van der Waals surface area contributed by atoms with Crippen LogP contribution in [0.1, 0.15) is 22.7 Å². The number of thioether (sulfide) groups is 1. The molecule has 1 atom stereocenters. The molecule has 0 spiro atoms. The molecule has 0 amide bonds. The first-order valence-electron chi connectivity index (χ1n) is 4.59. The SMILES string of the molecule is CCSCC(NC)c1ccc(C)s1. The predicted octanol–water partition coefficient (Wildman–Crippen LogP) is 3.07. The van der Waals surface area contributed by atoms with Crippen molar-refractivity contribution < 1.29 is 0 Å². The van der Waals surface area contributed by atoms with Crippen molar-refractivity contribution in [2.75, 3.05) is 18.6 Å². The molecule has 3 heteroatoms. The molecule has 1 nitrogen and oxygen atoms in total. The number of thiophene rings is 1. The summed E-state index contributed by atoms with van der Waals surface area (Å²) in [6.45, 7) is 4.37. The molecule has 1 N–H and O–H groups in total. The van der Waals surface area contributed by atoms with Crippen LogP contribution in [0, 0.1) is 6.92 Å². The minimum atomic E-state index is 0.531. The van der Waals surface area contributed by atoms with Gasteiger partial charge in [0.25, 0.3) is 0 Å². The van der Waals surface area contributed by atoms with Gasteiger partial charge < -0.3 is 5.32 Å². The van der Waals surface area contributed by atoms with Gasteiger partial charge in [0.1, 0.15) is 0 Å². The fraction of sp³-hybridized carbons (Fsp3) is 0.600. The van der Waals surface area contributed by atoms with Gasteiger partial charge in [-0.05, 0) is 31.9 Å². The number of rotatable bonds is 5. The first kappa shape index (κ1) is 11.1. The van der Waals surface area contributed by atoms with Gasteiger partial charge >= 0.3 is 0 Å². The summed E-state index contributed by atoms with van der Waals surface area (Å²) in [5, 5.41) is 3.36. The van der Waals surface area contributed by atoms with E-state index in [0.29, 0.717) is 6.04 Å². The molecule has 0 fully saturated rings. The average Bonchev–Trinajstić information content (AvgIpc) is 2.54. The van der Waals surface area contributed by atoms with E-state index in [9.17, 15) is 0 Å². The molecular weight excluding hydrogens is 198 g/mol. The third-order valence-electron chi connectivity index (χ3n) is 1.94. The average molecular weight is 215 g/mol. The molecule has 1 aromatic rings. The molecule has 13 heavy (non-hydrogen) atoms. The Balaban J connectivity index is 2.56. The van der Waals surface area contributed by atoms with Crippen LogP contribution in [0.3, 0.4) is 0 Å². The van der Waals surface area contributed by atoms with E-state index in [1.165, 1.54) is 21.3 Å². The maximum atomic E-state index is 3.36. The molecule has 1 rings (SSSR count). The van der Waals surface area contributed by atoms with Gasteiger partial charge in [0.15, 0.2) is 0 Å². The summed E-state index contributed by atoms with van der Waals surface area (Å²) in [5.74, 6) is 2.37. The zero-order valence-corrected chi connectivity index (χ0v) is 10.1. The van der Waals surface area contributed by atoms with Crippen LogP contribution in [0.25, 0.3) is 0 Å². The lowest BCUT2D eigenvalue weighted by molar-refractivity contribution is 0.674. The zero-order chi connectivity index (χ0) is 9.68. The van der Waals surface area contributed by atoms with E-state index in [1.54, 1.807) is 0 Å². The topological polar surface area (TPSA) is 12.0 Å². The van der Waals surface area contributed by atoms with Gasteiger partial charge in [0.2, 0.25) is 0 Å². The Morgan fingerprint density at radius 1 is 1.54 bits per heavy atom. The summed E-state index contributed by atoms with van der Waals surface area (Å²) in [7, 11) is 2.04. The van der Waals surface area contributed by atoms with E-state index in [1.807, 2.05) is 30.1 Å². The minimum Gasteiger partial charge on any atom is -0.312 e. The number of hydrogen-bond donors (Lipinski definition) is 1. The molecule has 0 bridgehead atoms. The Morgan fingerprint density at radius 3 is 2.77 bits per heavy atom. The van der Waals surface area contributed by atoms with Crippen LogP contribution < -0.4 is 5.32 Å². The summed E-state index contributed by atoms with van der Waals surface area (Å²) < 4.78 is 0. The Morgan fingerprint density at radius 2 is 2.31 bits per heavy atom. The first-order chi connectivity index (χ1) is 6.27. The fourth-order valence-corrected chi connectivity index (χ4v) is 3.09. The Bertz CT molecular complexity index is 245. The van der Waals surface area contributed by atoms with E-state index in [2.05, 4.69) is 31.3 Å². The van der Waals surface area contributed by atoms with Crippen molar-refractivity contribution in [1.29, 1.82) is 0 Å². The molecule has 0 aromatic carbocycles. The van der Waals surface area contributed by atoms with Crippen LogP contribution in [0.2, 0.25) is 0 Å². The highest BCUT2D eigenvalue weighted by atomic mass is 32.2. The normalized spacial score (nSPS) is 13.2. The molecule has 0 aliphatic heterocycles. The lowest BCUT2D eigenvalue weighted by Gasteiger charge is -2.12. The maximum absolute atomic E-state index is 3.36. The lowest BCUT2D eigenvalue weighted by Crippen LogP contribution is -2.17. The van der Waals surface area contributed by atoms with Crippen molar-refractivity contribution in [2.45, 2.75) is 19.9 Å². The number of nitrogens with one attached hydrogen (secondary N) is 1. The van der Waals surface area contributed by atoms with Crippen molar-refractivity contribution >= 4 is 23.1 Å². The third-order valence-corrected chi connectivity index (χ3v) is 4.03. The van der Waals surface area contributed by atoms with Gasteiger partial charge in [0, 0.05) is 15.5 Å². The largest absolute Gasteiger partial charge is 0.312 e. The molecule has 74 valence electrons. The van der Waals surface area contributed by atoms with E-state index < -0.39 is 0 Å². The van der Waals surface area contributed by atoms with Crippen LogP contribution >= 0.6 is 23.1 Å². The molecule has 0 saturated heterocycles. The second-order valence-electron chi connectivity index (χ2n) is 2.95. The van der Waals surface area contributed by atoms with Crippen LogP contribution in [0.15, 0.2) is 12.1 Å². The third kappa shape index (κ3) is 3.33. The molecule has 0 saturated carbocycles. The van der Waals surface area contributed by atoms with Crippen molar-refractivity contribution in [3.63, 3.8) is 0 Å². The first-order valence-corrected chi connectivity index (χ1v) is 6.56. The molecule has 1 heterocycles. The molecule has 1 unspecified atom stereocenters. The second-order valence-corrected chi connectivity index (χ2v) is 5.59. The highest BCUT2D eigenvalue weighted by Gasteiger charge is 2.09. The second kappa shape index (κ2) is 5.68. The van der Waals surface area contributed by atoms with E-state index >= 15 is 0 Å². The van der Waals surface area contributed by atoms with Gasteiger partial charge in [-0.15, -0.1) is 11.3 Å². The molecule has 0 radical (unpaired) electrons. The van der Waals surface area contributed by atoms with Crippen LogP contribution in [-0.4, -0.2) is 18.6 Å². The van der Waals surface area contributed by atoms with Gasteiger partial charge in [-0.3, -0.25) is 0 Å². The molecule has 0 aliphatic rings. The molecule has 1 aromatic heterocycles. The van der Waals surface area contributed by atoms with Crippen molar-refractivity contribution in [1.82, 2.24) is 5.32 Å². The Labute approximate surface area is 88.9 Å². The number of aryl methyl sites for hydroxylation is 1. The zero-order valence-electron chi connectivity index (χ0n) is 8.46. The summed E-state index contributed by atoms with van der Waals surface area (Å²) >= 11 is 3.88. The lowest BCUT2D eigenvalue weighted by atomic mass is 10.3. The number of hydrogen-bond acceptors (Lipinski definition) is 3. The van der Waals surface area contributed by atoms with E-state index in [0.717, 1.165) is 0 Å². The van der Waals surface area contributed by atoms with Crippen molar-refractivity contribution in [2.24, 2.45) is 0 Å². The summed E-state index contributed by atoms with van der Waals surface area (Å²) in [4.78, 5) is 2.86. The maximum Gasteiger partial charge on any atom is 0.0504 e. The smallest absolute Gasteiger partial charge is 0.0504 e. The Kier molecular flexibility index (Phi) is 4.84. The van der Waals surface area contributed by atoms with E-state index in [-0.39, 0.29) is 0 Å². The highest BCUT2D eigenvalue weighted by Crippen LogP contribution is 2.25. The Hall–Kier alpha value is 0.01000. The summed E-state index contributed by atoms with van der Waals surface area (Å²) in [6, 6.07) is 4.96. The van der Waals surface area contributed by atoms with Gasteiger partial charge in [-0.1, -0.05) is 6.92 Å². The van der Waals surface area contributed by atoms with Crippen molar-refractivity contribution in [3.05, 3.63) is 21.9 Å². The van der Waals surface area contributed by atoms with Gasteiger partial charge in [-0.25, -0.2) is 0 Å². The van der Waals surface area contributed by atoms with Gasteiger partial charge in [0.05, 0.1) is 6.04 Å². The monoisotopic (exact) mass is 215 g/mol. The standard InChI is InChI=1S/C10H17NS2/c1-4-12-7-9(11-3)10-6-5-8(2)13-10/h5-6,9,11H,4,7H2,1-3H3. The van der Waals surface area contributed by atoms with Crippen LogP contribution in [0.5, 0.6) is 0 Å². The van der Waals surface area contributed by atoms with Crippen LogP contribution in [-0.2, 0) is 0 Å². The quantitative estimate of drug-likeness (QED) is 0.810. The summed E-state index contributed by atoms with van der Waals surface area (Å²) in [5.41, 5.74) is 0. The molecular formula is C10H17NS2. The predicted molar refractivity (Wildman–Crippen MR) is 63.9 cm³/mol. The molecule has 0 aliphatic carbocycles. The highest BCUT2D eigenvalue weighted by molar-refractivity contribution is 7.99. The van der Waals surface area contributed by atoms with E-state index in [4.69, 9.17) is 0 Å². The van der Waals surface area contributed by atoms with Crippen LogP contribution in [0.4, 0.5) is 0 Å². The fourth-order valence-electron chi connectivity index (χ4n) is 1.18. The van der Waals surface area contributed by atoms with Gasteiger partial charge in [-0.2, -0.15) is 11.8 Å². The summed E-state index contributed by atoms with van der Waals surface area (Å²) in [6.07, 6.45) is 0. The minimum absolute atomic E-state index is 0.531.